The summed E-state index contributed by atoms with van der Waals surface area (Å²) in [5.41, 5.74) is 1.21. The van der Waals surface area contributed by atoms with Gasteiger partial charge in [0.25, 0.3) is 0 Å². The Hall–Kier alpha value is -1.68. The number of ether oxygens (including phenoxy) is 1. The molecule has 0 atom stereocenters. The third kappa shape index (κ3) is 1.52. The van der Waals surface area contributed by atoms with Crippen molar-refractivity contribution < 1.29 is 4.74 Å². The zero-order valence-electron chi connectivity index (χ0n) is 7.14. The highest BCUT2D eigenvalue weighted by Crippen LogP contribution is 2.22. The van der Waals surface area contributed by atoms with Gasteiger partial charge in [0.2, 0.25) is 5.88 Å². The summed E-state index contributed by atoms with van der Waals surface area (Å²) in [4.78, 5) is 12.1. The molecule has 0 amide bonds. The lowest BCUT2D eigenvalue weighted by atomic mass is 10.4. The molecule has 0 saturated heterocycles. The molecule has 0 aliphatic rings. The molecule has 0 aliphatic heterocycles. The number of fused-ring (bicyclic) bond motifs is 1. The van der Waals surface area contributed by atoms with Crippen LogP contribution in [0, 0.1) is 0 Å². The molecule has 0 bridgehead atoms. The Bertz CT molecular complexity index is 486. The average Bonchev–Trinajstić information content (AvgIpc) is 2.18. The van der Waals surface area contributed by atoms with Gasteiger partial charge in [-0.15, -0.1) is 0 Å². The van der Waals surface area contributed by atoms with Gasteiger partial charge in [-0.1, -0.05) is 18.2 Å². The lowest BCUT2D eigenvalue weighted by Crippen LogP contribution is -1.92. The number of aromatic nitrogens is 3. The van der Waals surface area contributed by atoms with Gasteiger partial charge in [-0.3, -0.25) is 4.98 Å². The maximum atomic E-state index is 5.77. The van der Waals surface area contributed by atoms with Crippen molar-refractivity contribution in [3.8, 4) is 5.88 Å². The molecule has 0 spiro atoms. The van der Waals surface area contributed by atoms with Crippen LogP contribution >= 0.6 is 11.6 Å². The molecule has 14 heavy (non-hydrogen) atoms. The topological polar surface area (TPSA) is 47.9 Å². The van der Waals surface area contributed by atoms with E-state index in [1.165, 1.54) is 6.26 Å². The van der Waals surface area contributed by atoms with E-state index in [4.69, 9.17) is 16.3 Å². The molecule has 5 heteroatoms. The van der Waals surface area contributed by atoms with E-state index in [2.05, 4.69) is 21.5 Å². The van der Waals surface area contributed by atoms with Gasteiger partial charge in [0.05, 0.1) is 11.8 Å². The van der Waals surface area contributed by atoms with Crippen LogP contribution in [0.2, 0.25) is 5.15 Å². The van der Waals surface area contributed by atoms with E-state index in [0.29, 0.717) is 22.1 Å². The molecule has 0 N–H and O–H groups in total. The minimum Gasteiger partial charge on any atom is -0.446 e. The second kappa shape index (κ2) is 3.59. The molecule has 0 unspecified atom stereocenters. The maximum Gasteiger partial charge on any atom is 0.248 e. The van der Waals surface area contributed by atoms with Crippen LogP contribution in [0.1, 0.15) is 0 Å². The summed E-state index contributed by atoms with van der Waals surface area (Å²) in [6, 6.07) is 1.62. The normalized spacial score (nSPS) is 10.1. The fourth-order valence-electron chi connectivity index (χ4n) is 1.08. The van der Waals surface area contributed by atoms with E-state index in [1.807, 2.05) is 0 Å². The van der Waals surface area contributed by atoms with Gasteiger partial charge in [-0.2, -0.15) is 4.98 Å². The first-order valence-electron chi connectivity index (χ1n) is 3.86. The fourth-order valence-corrected chi connectivity index (χ4v) is 1.26. The molecule has 0 saturated carbocycles. The van der Waals surface area contributed by atoms with Crippen LogP contribution in [-0.2, 0) is 0 Å². The van der Waals surface area contributed by atoms with Gasteiger partial charge in [0.15, 0.2) is 5.52 Å². The molecule has 70 valence electrons. The van der Waals surface area contributed by atoms with Crippen molar-refractivity contribution in [2.75, 3.05) is 0 Å². The van der Waals surface area contributed by atoms with E-state index in [-0.39, 0.29) is 0 Å². The van der Waals surface area contributed by atoms with Gasteiger partial charge < -0.3 is 4.74 Å². The van der Waals surface area contributed by atoms with Crippen LogP contribution in [0.5, 0.6) is 5.88 Å². The second-order valence-electron chi connectivity index (χ2n) is 2.46. The van der Waals surface area contributed by atoms with Gasteiger partial charge in [-0.25, -0.2) is 4.98 Å². The number of rotatable bonds is 2. The lowest BCUT2D eigenvalue weighted by Gasteiger charge is -2.02. The summed E-state index contributed by atoms with van der Waals surface area (Å²) >= 11 is 5.77. The summed E-state index contributed by atoms with van der Waals surface area (Å²) in [7, 11) is 0. The minimum atomic E-state index is 0.315. The van der Waals surface area contributed by atoms with Gasteiger partial charge in [0.1, 0.15) is 5.15 Å². The lowest BCUT2D eigenvalue weighted by molar-refractivity contribution is 0.468. The first kappa shape index (κ1) is 8.90. The predicted octanol–water partition coefficient (Wildman–Crippen LogP) is 2.20. The zero-order chi connectivity index (χ0) is 9.97. The van der Waals surface area contributed by atoms with Gasteiger partial charge in [-0.05, 0) is 0 Å². The molecule has 2 heterocycles. The Morgan fingerprint density at radius 3 is 2.93 bits per heavy atom. The SMILES string of the molecule is C=COc1nc(Cl)cc2nccnc12. The zero-order valence-corrected chi connectivity index (χ0v) is 7.90. The van der Waals surface area contributed by atoms with Crippen LogP contribution < -0.4 is 4.74 Å². The summed E-state index contributed by atoms with van der Waals surface area (Å²) in [6.45, 7) is 3.44. The number of hydrogen-bond donors (Lipinski definition) is 0. The molecule has 0 radical (unpaired) electrons. The van der Waals surface area contributed by atoms with E-state index < -0.39 is 0 Å². The van der Waals surface area contributed by atoms with Crippen molar-refractivity contribution in [2.24, 2.45) is 0 Å². The van der Waals surface area contributed by atoms with Crippen molar-refractivity contribution in [2.45, 2.75) is 0 Å². The quantitative estimate of drug-likeness (QED) is 0.560. The summed E-state index contributed by atoms with van der Waals surface area (Å²) in [5.74, 6) is 0.315. The fraction of sp³-hybridized carbons (Fsp3) is 0. The molecule has 0 fully saturated rings. The number of halogens is 1. The molecule has 2 rings (SSSR count). The van der Waals surface area contributed by atoms with Crippen LogP contribution in [-0.4, -0.2) is 15.0 Å². The summed E-state index contributed by atoms with van der Waals surface area (Å²) < 4.78 is 5.07. The molecule has 0 aromatic carbocycles. The number of hydrogen-bond acceptors (Lipinski definition) is 4. The third-order valence-corrected chi connectivity index (χ3v) is 1.78. The van der Waals surface area contributed by atoms with Crippen LogP contribution in [0.25, 0.3) is 11.0 Å². The van der Waals surface area contributed by atoms with Crippen LogP contribution in [0.3, 0.4) is 0 Å². The van der Waals surface area contributed by atoms with Crippen LogP contribution in [0.15, 0.2) is 31.3 Å². The Kier molecular flexibility index (Phi) is 2.28. The highest BCUT2D eigenvalue weighted by molar-refractivity contribution is 6.30. The van der Waals surface area contributed by atoms with Crippen molar-refractivity contribution in [1.82, 2.24) is 15.0 Å². The minimum absolute atomic E-state index is 0.315. The van der Waals surface area contributed by atoms with E-state index >= 15 is 0 Å². The molecular weight excluding hydrogens is 202 g/mol. The first-order valence-corrected chi connectivity index (χ1v) is 4.24. The molecular formula is C9H6ClN3O. The van der Waals surface area contributed by atoms with Crippen molar-refractivity contribution >= 4 is 22.6 Å². The molecule has 2 aromatic rings. The second-order valence-corrected chi connectivity index (χ2v) is 2.85. The third-order valence-electron chi connectivity index (χ3n) is 1.59. The van der Waals surface area contributed by atoms with Gasteiger partial charge >= 0.3 is 0 Å². The van der Waals surface area contributed by atoms with E-state index in [1.54, 1.807) is 18.5 Å². The maximum absolute atomic E-state index is 5.77. The molecule has 0 aliphatic carbocycles. The standard InChI is InChI=1S/C9H6ClN3O/c1-2-14-9-8-6(5-7(10)13-9)11-3-4-12-8/h2-5H,1H2. The van der Waals surface area contributed by atoms with Crippen molar-refractivity contribution in [3.63, 3.8) is 0 Å². The summed E-state index contributed by atoms with van der Waals surface area (Å²) in [6.07, 6.45) is 4.41. The Morgan fingerprint density at radius 2 is 2.14 bits per heavy atom. The highest BCUT2D eigenvalue weighted by atomic mass is 35.5. The Morgan fingerprint density at radius 1 is 1.36 bits per heavy atom. The smallest absolute Gasteiger partial charge is 0.248 e. The molecule has 2 aromatic heterocycles. The van der Waals surface area contributed by atoms with E-state index in [0.717, 1.165) is 0 Å². The average molecular weight is 208 g/mol. The predicted molar refractivity (Wildman–Crippen MR) is 53.2 cm³/mol. The summed E-state index contributed by atoms with van der Waals surface area (Å²) in [5, 5.41) is 0.315. The Balaban J connectivity index is 2.73. The largest absolute Gasteiger partial charge is 0.446 e. The van der Waals surface area contributed by atoms with Crippen molar-refractivity contribution in [1.29, 1.82) is 0 Å². The van der Waals surface area contributed by atoms with Crippen LogP contribution in [0.4, 0.5) is 0 Å². The van der Waals surface area contributed by atoms with E-state index in [9.17, 15) is 0 Å². The molecule has 4 nitrogen and oxygen atoms in total. The first-order chi connectivity index (χ1) is 6.81. The Labute approximate surface area is 85.2 Å². The number of nitrogens with zero attached hydrogens (tertiary/aromatic N) is 3. The monoisotopic (exact) mass is 207 g/mol. The highest BCUT2D eigenvalue weighted by Gasteiger charge is 2.06. The van der Waals surface area contributed by atoms with Crippen molar-refractivity contribution in [3.05, 3.63) is 36.5 Å². The van der Waals surface area contributed by atoms with Gasteiger partial charge in [0, 0.05) is 18.5 Å². The number of pyridine rings is 1.